The molecule has 5 heteroatoms. The summed E-state index contributed by atoms with van der Waals surface area (Å²) in [5, 5.41) is 16.1. The third kappa shape index (κ3) is 4.38. The predicted molar refractivity (Wildman–Crippen MR) is 112 cm³/mol. The Morgan fingerprint density at radius 2 is 1.93 bits per heavy atom. The third-order valence-electron chi connectivity index (χ3n) is 4.32. The Balaban J connectivity index is 1.65. The second-order valence-electron chi connectivity index (χ2n) is 6.32. The Bertz CT molecular complexity index is 1020. The van der Waals surface area contributed by atoms with Crippen LogP contribution in [0.4, 0.5) is 0 Å². The highest BCUT2D eigenvalue weighted by atomic mass is 16.5. The number of para-hydroxylation sites is 1. The number of rotatable bonds is 7. The summed E-state index contributed by atoms with van der Waals surface area (Å²) in [7, 11) is 0. The number of carbonyl (C=O) groups excluding carboxylic acids is 1. The van der Waals surface area contributed by atoms with Crippen LogP contribution in [0, 0.1) is 0 Å². The Morgan fingerprint density at radius 3 is 2.75 bits per heavy atom. The molecule has 1 unspecified atom stereocenters. The molecule has 3 aromatic carbocycles. The van der Waals surface area contributed by atoms with Gasteiger partial charge in [0.15, 0.2) is 6.10 Å². The fraction of sp³-hybridized carbons (Fsp3) is 0.130. The summed E-state index contributed by atoms with van der Waals surface area (Å²) in [5.74, 6) is 0.380. The molecule has 1 amide bonds. The van der Waals surface area contributed by atoms with Gasteiger partial charge in [0.05, 0.1) is 6.21 Å². The van der Waals surface area contributed by atoms with Crippen molar-refractivity contribution in [3.05, 3.63) is 84.4 Å². The van der Waals surface area contributed by atoms with Crippen LogP contribution in [0.3, 0.4) is 0 Å². The Kier molecular flexibility index (Phi) is 6.07. The van der Waals surface area contributed by atoms with Crippen LogP contribution in [0.5, 0.6) is 11.5 Å². The number of hydrazone groups is 1. The molecule has 3 rings (SSSR count). The molecule has 0 spiro atoms. The first-order chi connectivity index (χ1) is 13.6. The molecule has 1 atom stereocenters. The lowest BCUT2D eigenvalue weighted by atomic mass is 10.1. The van der Waals surface area contributed by atoms with E-state index in [9.17, 15) is 9.90 Å². The van der Waals surface area contributed by atoms with Crippen molar-refractivity contribution in [2.75, 3.05) is 0 Å². The number of aromatic hydroxyl groups is 1. The molecule has 5 nitrogen and oxygen atoms in total. The van der Waals surface area contributed by atoms with Gasteiger partial charge < -0.3 is 9.84 Å². The van der Waals surface area contributed by atoms with Gasteiger partial charge in [-0.2, -0.15) is 5.10 Å². The molecule has 0 aliphatic heterocycles. The molecule has 3 aromatic rings. The highest BCUT2D eigenvalue weighted by molar-refractivity contribution is 5.89. The lowest BCUT2D eigenvalue weighted by Gasteiger charge is -2.14. The second kappa shape index (κ2) is 8.86. The third-order valence-corrected chi connectivity index (χ3v) is 4.32. The number of fused-ring (bicyclic) bond motifs is 1. The van der Waals surface area contributed by atoms with E-state index in [2.05, 4.69) is 17.1 Å². The molecule has 0 aliphatic rings. The Labute approximate surface area is 164 Å². The van der Waals surface area contributed by atoms with E-state index >= 15 is 0 Å². The number of hydrogen-bond donors (Lipinski definition) is 2. The number of carbonyl (C=O) groups is 1. The minimum atomic E-state index is -0.733. The molecule has 0 saturated carbocycles. The highest BCUT2D eigenvalue weighted by Crippen LogP contribution is 2.26. The maximum absolute atomic E-state index is 12.3. The number of nitrogens with zero attached hydrogens (tertiary/aromatic N) is 1. The van der Waals surface area contributed by atoms with Crippen LogP contribution in [0.1, 0.15) is 18.1 Å². The molecule has 0 radical (unpaired) electrons. The number of allylic oxidation sites excluding steroid dienone is 1. The molecule has 0 heterocycles. The van der Waals surface area contributed by atoms with Gasteiger partial charge in [-0.05, 0) is 36.4 Å². The van der Waals surface area contributed by atoms with E-state index in [4.69, 9.17) is 4.74 Å². The molecule has 0 bridgehead atoms. The SMILES string of the molecule is C=CCc1cccc(C=NNC(=O)C(C)Oc2cccc3ccccc23)c1O. The summed E-state index contributed by atoms with van der Waals surface area (Å²) in [4.78, 5) is 12.3. The zero-order valence-corrected chi connectivity index (χ0v) is 15.6. The minimum absolute atomic E-state index is 0.125. The first-order valence-corrected chi connectivity index (χ1v) is 8.99. The van der Waals surface area contributed by atoms with Gasteiger partial charge in [0.1, 0.15) is 11.5 Å². The van der Waals surface area contributed by atoms with E-state index in [0.717, 1.165) is 16.3 Å². The van der Waals surface area contributed by atoms with Crippen molar-refractivity contribution in [1.29, 1.82) is 0 Å². The van der Waals surface area contributed by atoms with Crippen molar-refractivity contribution in [2.45, 2.75) is 19.4 Å². The molecule has 0 fully saturated rings. The van der Waals surface area contributed by atoms with Gasteiger partial charge in [-0.15, -0.1) is 6.58 Å². The van der Waals surface area contributed by atoms with Gasteiger partial charge in [0.25, 0.3) is 5.91 Å². The molecule has 28 heavy (non-hydrogen) atoms. The van der Waals surface area contributed by atoms with Gasteiger partial charge in [0.2, 0.25) is 0 Å². The summed E-state index contributed by atoms with van der Waals surface area (Å²) < 4.78 is 5.82. The van der Waals surface area contributed by atoms with Crippen LogP contribution >= 0.6 is 0 Å². The number of hydrogen-bond acceptors (Lipinski definition) is 4. The normalized spacial score (nSPS) is 12.0. The van der Waals surface area contributed by atoms with E-state index in [0.29, 0.717) is 17.7 Å². The first kappa shape index (κ1) is 19.2. The van der Waals surface area contributed by atoms with Crippen molar-refractivity contribution in [1.82, 2.24) is 5.43 Å². The monoisotopic (exact) mass is 374 g/mol. The quantitative estimate of drug-likeness (QED) is 0.370. The summed E-state index contributed by atoms with van der Waals surface area (Å²) in [6.07, 6.45) is 2.94. The molecule has 0 saturated heterocycles. The van der Waals surface area contributed by atoms with Gasteiger partial charge in [-0.1, -0.05) is 54.6 Å². The van der Waals surface area contributed by atoms with E-state index < -0.39 is 6.10 Å². The highest BCUT2D eigenvalue weighted by Gasteiger charge is 2.15. The number of phenols is 1. The maximum Gasteiger partial charge on any atom is 0.280 e. The predicted octanol–water partition coefficient (Wildman–Crippen LogP) is 4.19. The summed E-state index contributed by atoms with van der Waals surface area (Å²) in [5.41, 5.74) is 3.72. The van der Waals surface area contributed by atoms with Crippen molar-refractivity contribution >= 4 is 22.9 Å². The van der Waals surface area contributed by atoms with Gasteiger partial charge in [-0.3, -0.25) is 4.79 Å². The van der Waals surface area contributed by atoms with Crippen LogP contribution in [-0.4, -0.2) is 23.3 Å². The average Bonchev–Trinajstić information content (AvgIpc) is 2.71. The first-order valence-electron chi connectivity index (χ1n) is 8.99. The van der Waals surface area contributed by atoms with Crippen molar-refractivity contribution in [3.8, 4) is 11.5 Å². The molecule has 0 aromatic heterocycles. The number of benzene rings is 3. The van der Waals surface area contributed by atoms with Crippen molar-refractivity contribution in [3.63, 3.8) is 0 Å². The summed E-state index contributed by atoms with van der Waals surface area (Å²) in [6, 6.07) is 18.9. The van der Waals surface area contributed by atoms with Gasteiger partial charge in [-0.25, -0.2) is 5.43 Å². The van der Waals surface area contributed by atoms with Crippen LogP contribution < -0.4 is 10.2 Å². The largest absolute Gasteiger partial charge is 0.507 e. The van der Waals surface area contributed by atoms with Crippen LogP contribution in [0.25, 0.3) is 10.8 Å². The van der Waals surface area contributed by atoms with E-state index in [1.807, 2.05) is 54.6 Å². The van der Waals surface area contributed by atoms with Gasteiger partial charge in [0, 0.05) is 10.9 Å². The smallest absolute Gasteiger partial charge is 0.280 e. The topological polar surface area (TPSA) is 70.9 Å². The fourth-order valence-corrected chi connectivity index (χ4v) is 2.83. The number of ether oxygens (including phenoxy) is 1. The Hall–Kier alpha value is -3.60. The zero-order valence-electron chi connectivity index (χ0n) is 15.6. The minimum Gasteiger partial charge on any atom is -0.507 e. The zero-order chi connectivity index (χ0) is 19.9. The lowest BCUT2D eigenvalue weighted by Crippen LogP contribution is -2.33. The number of nitrogens with one attached hydrogen (secondary N) is 1. The Morgan fingerprint density at radius 1 is 1.18 bits per heavy atom. The fourth-order valence-electron chi connectivity index (χ4n) is 2.83. The summed E-state index contributed by atoms with van der Waals surface area (Å²) >= 11 is 0. The molecule has 142 valence electrons. The van der Waals surface area contributed by atoms with E-state index in [1.165, 1.54) is 6.21 Å². The van der Waals surface area contributed by atoms with Crippen molar-refractivity contribution in [2.24, 2.45) is 5.10 Å². The average molecular weight is 374 g/mol. The molecule has 2 N–H and O–H groups in total. The standard InChI is InChI=1S/C23H22N2O3/c1-3-8-18-11-6-12-19(22(18)26)15-24-25-23(27)16(2)28-21-14-7-10-17-9-4-5-13-20(17)21/h3-7,9-16,26H,1,8H2,2H3,(H,25,27). The van der Waals surface area contributed by atoms with Gasteiger partial charge >= 0.3 is 0 Å². The van der Waals surface area contributed by atoms with Crippen LogP contribution in [0.15, 0.2) is 78.4 Å². The van der Waals surface area contributed by atoms with Crippen molar-refractivity contribution < 1.29 is 14.6 Å². The second-order valence-corrected chi connectivity index (χ2v) is 6.32. The number of phenolic OH excluding ortho intramolecular Hbond substituents is 1. The van der Waals surface area contributed by atoms with E-state index in [-0.39, 0.29) is 11.7 Å². The molecule has 0 aliphatic carbocycles. The molecular formula is C23H22N2O3. The molecular weight excluding hydrogens is 352 g/mol. The van der Waals surface area contributed by atoms with Crippen LogP contribution in [-0.2, 0) is 11.2 Å². The van der Waals surface area contributed by atoms with Crippen LogP contribution in [0.2, 0.25) is 0 Å². The van der Waals surface area contributed by atoms with E-state index in [1.54, 1.807) is 19.1 Å². The summed E-state index contributed by atoms with van der Waals surface area (Å²) in [6.45, 7) is 5.33. The lowest BCUT2D eigenvalue weighted by molar-refractivity contribution is -0.127. The maximum atomic E-state index is 12.3. The number of amides is 1.